The van der Waals surface area contributed by atoms with Gasteiger partial charge in [-0.1, -0.05) is 12.1 Å². The van der Waals surface area contributed by atoms with Crippen molar-refractivity contribution in [3.05, 3.63) is 61.1 Å². The molecule has 0 saturated carbocycles. The number of aromatic hydroxyl groups is 1. The summed E-state index contributed by atoms with van der Waals surface area (Å²) in [5.41, 5.74) is 2.44. The van der Waals surface area contributed by atoms with E-state index in [4.69, 9.17) is 0 Å². The van der Waals surface area contributed by atoms with Crippen molar-refractivity contribution >= 4 is 0 Å². The molecule has 0 aliphatic rings. The Bertz CT molecular complexity index is 662. The molecule has 0 spiro atoms. The fourth-order valence-corrected chi connectivity index (χ4v) is 1.78. The normalized spacial score (nSPS) is 10.4. The number of hydrogen-bond acceptors (Lipinski definition) is 3. The molecule has 2 heterocycles. The van der Waals surface area contributed by atoms with Gasteiger partial charge >= 0.3 is 0 Å². The van der Waals surface area contributed by atoms with Crippen LogP contribution in [0.1, 0.15) is 0 Å². The van der Waals surface area contributed by atoms with Gasteiger partial charge in [-0.25, -0.2) is 4.68 Å². The average molecular weight is 237 g/mol. The van der Waals surface area contributed by atoms with Gasteiger partial charge in [-0.05, 0) is 30.3 Å². The van der Waals surface area contributed by atoms with E-state index < -0.39 is 0 Å². The largest absolute Gasteiger partial charge is 0.506 e. The summed E-state index contributed by atoms with van der Waals surface area (Å²) in [5, 5.41) is 14.2. The molecule has 1 aromatic carbocycles. The molecule has 3 rings (SSSR count). The number of benzene rings is 1. The number of phenolic OH excluding ortho intramolecular Hbond substituents is 1. The van der Waals surface area contributed by atoms with Gasteiger partial charge in [0.25, 0.3) is 0 Å². The molecule has 0 aliphatic carbocycles. The van der Waals surface area contributed by atoms with E-state index in [-0.39, 0.29) is 5.75 Å². The van der Waals surface area contributed by atoms with Crippen LogP contribution in [0.5, 0.6) is 5.75 Å². The zero-order chi connectivity index (χ0) is 12.4. The third-order valence-corrected chi connectivity index (χ3v) is 2.67. The van der Waals surface area contributed by atoms with Crippen molar-refractivity contribution < 1.29 is 5.11 Å². The maximum atomic E-state index is 9.77. The number of rotatable bonds is 2. The lowest BCUT2D eigenvalue weighted by Gasteiger charge is -2.03. The Morgan fingerprint density at radius 2 is 1.89 bits per heavy atom. The Kier molecular flexibility index (Phi) is 2.53. The summed E-state index contributed by atoms with van der Waals surface area (Å²) in [4.78, 5) is 4.06. The van der Waals surface area contributed by atoms with Crippen LogP contribution >= 0.6 is 0 Å². The average Bonchev–Trinajstić information content (AvgIpc) is 2.90. The van der Waals surface area contributed by atoms with Crippen molar-refractivity contribution in [1.82, 2.24) is 14.8 Å². The molecule has 4 heteroatoms. The van der Waals surface area contributed by atoms with Crippen molar-refractivity contribution in [2.45, 2.75) is 0 Å². The third-order valence-electron chi connectivity index (χ3n) is 2.67. The molecule has 0 fully saturated rings. The van der Waals surface area contributed by atoms with Crippen LogP contribution in [0, 0.1) is 0 Å². The van der Waals surface area contributed by atoms with Crippen LogP contribution in [0.3, 0.4) is 0 Å². The number of para-hydroxylation sites is 2. The number of nitrogens with zero attached hydrogens (tertiary/aromatic N) is 3. The molecule has 1 N–H and O–H groups in total. The van der Waals surface area contributed by atoms with E-state index >= 15 is 0 Å². The number of pyridine rings is 1. The molecular weight excluding hydrogens is 226 g/mol. The van der Waals surface area contributed by atoms with Crippen LogP contribution in [0.4, 0.5) is 0 Å². The molecule has 0 bridgehead atoms. The second kappa shape index (κ2) is 4.33. The molecular formula is C14H11N3O. The highest BCUT2D eigenvalue weighted by Gasteiger charge is 2.06. The molecule has 4 nitrogen and oxygen atoms in total. The molecule has 88 valence electrons. The van der Waals surface area contributed by atoms with Gasteiger partial charge in [-0.3, -0.25) is 4.98 Å². The zero-order valence-corrected chi connectivity index (χ0v) is 9.56. The molecule has 2 aromatic heterocycles. The first-order chi connectivity index (χ1) is 8.84. The smallest absolute Gasteiger partial charge is 0.141 e. The van der Waals surface area contributed by atoms with E-state index in [9.17, 15) is 5.11 Å². The van der Waals surface area contributed by atoms with Gasteiger partial charge in [0.2, 0.25) is 0 Å². The van der Waals surface area contributed by atoms with Crippen molar-refractivity contribution in [3.63, 3.8) is 0 Å². The Balaban J connectivity index is 2.03. The molecule has 0 aliphatic heterocycles. The third kappa shape index (κ3) is 1.84. The number of hydrogen-bond donors (Lipinski definition) is 1. The minimum atomic E-state index is 0.207. The lowest BCUT2D eigenvalue weighted by atomic mass is 10.2. The Labute approximate surface area is 104 Å². The van der Waals surface area contributed by atoms with Crippen molar-refractivity contribution in [1.29, 1.82) is 0 Å². The van der Waals surface area contributed by atoms with E-state index in [2.05, 4.69) is 10.1 Å². The van der Waals surface area contributed by atoms with E-state index in [1.54, 1.807) is 29.2 Å². The first kappa shape index (κ1) is 10.5. The van der Waals surface area contributed by atoms with Gasteiger partial charge < -0.3 is 5.11 Å². The number of aromatic nitrogens is 3. The van der Waals surface area contributed by atoms with Crippen molar-refractivity contribution in [3.8, 4) is 22.7 Å². The standard InChI is InChI=1S/C14H11N3O/c18-14-6-2-1-5-13(14)17-9-7-12(16-17)11-4-3-8-15-10-11/h1-10,18H. The second-order valence-corrected chi connectivity index (χ2v) is 3.88. The minimum Gasteiger partial charge on any atom is -0.506 e. The summed E-state index contributed by atoms with van der Waals surface area (Å²) in [6.45, 7) is 0. The Morgan fingerprint density at radius 3 is 2.67 bits per heavy atom. The zero-order valence-electron chi connectivity index (χ0n) is 9.56. The van der Waals surface area contributed by atoms with Crippen LogP contribution < -0.4 is 0 Å². The molecule has 0 atom stereocenters. The quantitative estimate of drug-likeness (QED) is 0.745. The predicted octanol–water partition coefficient (Wildman–Crippen LogP) is 2.64. The summed E-state index contributed by atoms with van der Waals surface area (Å²) >= 11 is 0. The van der Waals surface area contributed by atoms with Crippen molar-refractivity contribution in [2.24, 2.45) is 0 Å². The highest BCUT2D eigenvalue weighted by atomic mass is 16.3. The van der Waals surface area contributed by atoms with Gasteiger partial charge in [-0.15, -0.1) is 0 Å². The SMILES string of the molecule is Oc1ccccc1-n1ccc(-c2cccnc2)n1. The molecule has 0 amide bonds. The lowest BCUT2D eigenvalue weighted by Crippen LogP contribution is -1.95. The van der Waals surface area contributed by atoms with E-state index in [1.165, 1.54) is 0 Å². The molecule has 3 aromatic rings. The summed E-state index contributed by atoms with van der Waals surface area (Å²) in [6.07, 6.45) is 5.30. The van der Waals surface area contributed by atoms with Crippen molar-refractivity contribution in [2.75, 3.05) is 0 Å². The van der Waals surface area contributed by atoms with Gasteiger partial charge in [0.1, 0.15) is 11.4 Å². The van der Waals surface area contributed by atoms with Crippen LogP contribution in [-0.2, 0) is 0 Å². The van der Waals surface area contributed by atoms with Crippen LogP contribution in [0.2, 0.25) is 0 Å². The monoisotopic (exact) mass is 237 g/mol. The highest BCUT2D eigenvalue weighted by molar-refractivity contribution is 5.58. The van der Waals surface area contributed by atoms with Crippen LogP contribution in [0.15, 0.2) is 61.1 Å². The predicted molar refractivity (Wildman–Crippen MR) is 68.5 cm³/mol. The second-order valence-electron chi connectivity index (χ2n) is 3.88. The fraction of sp³-hybridized carbons (Fsp3) is 0. The minimum absolute atomic E-state index is 0.207. The van der Waals surface area contributed by atoms with Crippen LogP contribution in [-0.4, -0.2) is 19.9 Å². The Morgan fingerprint density at radius 1 is 1.00 bits per heavy atom. The first-order valence-corrected chi connectivity index (χ1v) is 5.59. The van der Waals surface area contributed by atoms with Gasteiger partial charge in [0.05, 0.1) is 5.69 Å². The molecule has 0 radical (unpaired) electrons. The lowest BCUT2D eigenvalue weighted by molar-refractivity contribution is 0.470. The fourth-order valence-electron chi connectivity index (χ4n) is 1.78. The Hall–Kier alpha value is -2.62. The van der Waals surface area contributed by atoms with Gasteiger partial charge in [0, 0.05) is 24.2 Å². The number of phenols is 1. The van der Waals surface area contributed by atoms with E-state index in [1.807, 2.05) is 36.5 Å². The maximum absolute atomic E-state index is 9.77. The van der Waals surface area contributed by atoms with E-state index in [0.717, 1.165) is 11.3 Å². The van der Waals surface area contributed by atoms with Gasteiger partial charge in [-0.2, -0.15) is 5.10 Å². The highest BCUT2D eigenvalue weighted by Crippen LogP contribution is 2.22. The molecule has 0 unspecified atom stereocenters. The first-order valence-electron chi connectivity index (χ1n) is 5.59. The summed E-state index contributed by atoms with van der Waals surface area (Å²) in [5.74, 6) is 0.207. The molecule has 0 saturated heterocycles. The topological polar surface area (TPSA) is 50.9 Å². The molecule has 18 heavy (non-hydrogen) atoms. The summed E-state index contributed by atoms with van der Waals surface area (Å²) in [6, 6.07) is 12.8. The van der Waals surface area contributed by atoms with Crippen LogP contribution in [0.25, 0.3) is 16.9 Å². The van der Waals surface area contributed by atoms with Gasteiger partial charge in [0.15, 0.2) is 0 Å². The summed E-state index contributed by atoms with van der Waals surface area (Å²) in [7, 11) is 0. The maximum Gasteiger partial charge on any atom is 0.141 e. The van der Waals surface area contributed by atoms with E-state index in [0.29, 0.717) is 5.69 Å². The summed E-state index contributed by atoms with van der Waals surface area (Å²) < 4.78 is 1.65.